The molecule has 1 amide bonds. The van der Waals surface area contributed by atoms with Crippen molar-refractivity contribution in [1.29, 1.82) is 0 Å². The van der Waals surface area contributed by atoms with Gasteiger partial charge in [-0.15, -0.1) is 11.8 Å². The van der Waals surface area contributed by atoms with Gasteiger partial charge in [-0.05, 0) is 19.8 Å². The van der Waals surface area contributed by atoms with Crippen LogP contribution in [0.25, 0.3) is 0 Å². The van der Waals surface area contributed by atoms with E-state index in [1.807, 2.05) is 6.92 Å². The van der Waals surface area contributed by atoms with Crippen LogP contribution in [0, 0.1) is 0 Å². The monoisotopic (exact) mass is 261 g/mol. The van der Waals surface area contributed by atoms with Crippen LogP contribution in [0.1, 0.15) is 19.8 Å². The van der Waals surface area contributed by atoms with E-state index in [0.29, 0.717) is 6.54 Å². The quantitative estimate of drug-likeness (QED) is 0.794. The maximum absolute atomic E-state index is 11.8. The number of carbonyl (C=O) groups is 2. The fourth-order valence-corrected chi connectivity index (χ4v) is 2.54. The van der Waals surface area contributed by atoms with Crippen molar-refractivity contribution in [2.75, 3.05) is 31.7 Å². The van der Waals surface area contributed by atoms with Crippen LogP contribution in [-0.4, -0.2) is 59.2 Å². The van der Waals surface area contributed by atoms with Gasteiger partial charge in [-0.25, -0.2) is 0 Å². The molecule has 1 fully saturated rings. The van der Waals surface area contributed by atoms with Gasteiger partial charge in [0.15, 0.2) is 0 Å². The van der Waals surface area contributed by atoms with Gasteiger partial charge < -0.3 is 14.7 Å². The van der Waals surface area contributed by atoms with E-state index in [2.05, 4.69) is 0 Å². The second-order valence-electron chi connectivity index (χ2n) is 4.46. The van der Waals surface area contributed by atoms with Crippen LogP contribution in [-0.2, 0) is 14.3 Å². The van der Waals surface area contributed by atoms with E-state index in [-0.39, 0.29) is 23.0 Å². The maximum atomic E-state index is 11.8. The molecule has 1 N–H and O–H groups in total. The van der Waals surface area contributed by atoms with Gasteiger partial charge >= 0.3 is 5.97 Å². The molecule has 98 valence electrons. The lowest BCUT2D eigenvalue weighted by Gasteiger charge is -2.39. The molecule has 1 rings (SSSR count). The first-order valence-corrected chi connectivity index (χ1v) is 6.75. The van der Waals surface area contributed by atoms with Gasteiger partial charge in [-0.2, -0.15) is 0 Å². The Balaban J connectivity index is 2.38. The lowest BCUT2D eigenvalue weighted by molar-refractivity contribution is -0.136. The van der Waals surface area contributed by atoms with Gasteiger partial charge in [0.05, 0.1) is 17.1 Å². The van der Waals surface area contributed by atoms with Crippen LogP contribution in [0.4, 0.5) is 0 Å². The van der Waals surface area contributed by atoms with E-state index < -0.39 is 5.97 Å². The Hall–Kier alpha value is -0.750. The summed E-state index contributed by atoms with van der Waals surface area (Å²) in [5, 5.41) is 8.49. The number of amides is 1. The first-order chi connectivity index (χ1) is 7.97. The number of nitrogens with zero attached hydrogens (tertiary/aromatic N) is 1. The van der Waals surface area contributed by atoms with Gasteiger partial charge in [0.2, 0.25) is 5.91 Å². The summed E-state index contributed by atoms with van der Waals surface area (Å²) in [4.78, 5) is 23.9. The fourth-order valence-electron chi connectivity index (χ4n) is 1.90. The van der Waals surface area contributed by atoms with Crippen LogP contribution in [0.15, 0.2) is 0 Å². The van der Waals surface area contributed by atoms with E-state index >= 15 is 0 Å². The molecule has 1 unspecified atom stereocenters. The highest BCUT2D eigenvalue weighted by molar-refractivity contribution is 8.00. The number of hydrogen-bond acceptors (Lipinski definition) is 4. The van der Waals surface area contributed by atoms with E-state index in [1.165, 1.54) is 0 Å². The minimum absolute atomic E-state index is 0.000718. The number of methoxy groups -OCH3 is 1. The molecule has 0 aromatic heterocycles. The summed E-state index contributed by atoms with van der Waals surface area (Å²) >= 11 is 1.14. The number of aliphatic carboxylic acids is 1. The third-order valence-electron chi connectivity index (χ3n) is 2.96. The highest BCUT2D eigenvalue weighted by Crippen LogP contribution is 2.24. The Morgan fingerprint density at radius 1 is 1.47 bits per heavy atom. The van der Waals surface area contributed by atoms with Gasteiger partial charge in [0.25, 0.3) is 0 Å². The highest BCUT2D eigenvalue weighted by atomic mass is 32.2. The molecule has 1 saturated heterocycles. The van der Waals surface area contributed by atoms with Gasteiger partial charge in [-0.3, -0.25) is 9.59 Å². The van der Waals surface area contributed by atoms with Crippen molar-refractivity contribution in [1.82, 2.24) is 4.90 Å². The second kappa shape index (κ2) is 6.26. The van der Waals surface area contributed by atoms with Crippen molar-refractivity contribution in [2.24, 2.45) is 0 Å². The number of ether oxygens (including phenoxy) is 1. The molecule has 1 aliphatic heterocycles. The molecule has 0 saturated carbocycles. The average molecular weight is 261 g/mol. The zero-order valence-corrected chi connectivity index (χ0v) is 11.1. The number of carbonyl (C=O) groups excluding carboxylic acids is 1. The summed E-state index contributed by atoms with van der Waals surface area (Å²) < 4.78 is 5.41. The largest absolute Gasteiger partial charge is 0.481 e. The standard InChI is InChI=1S/C11H19NO4S/c1-11(16-2)4-3-5-12(8-11)9(13)6-17-7-10(14)15/h3-8H2,1-2H3,(H,14,15). The Morgan fingerprint density at radius 2 is 2.18 bits per heavy atom. The maximum Gasteiger partial charge on any atom is 0.313 e. The Bertz CT molecular complexity index is 297. The van der Waals surface area contributed by atoms with Crippen molar-refractivity contribution in [3.05, 3.63) is 0 Å². The van der Waals surface area contributed by atoms with Gasteiger partial charge in [0.1, 0.15) is 0 Å². The lowest BCUT2D eigenvalue weighted by atomic mass is 9.95. The average Bonchev–Trinajstić information content (AvgIpc) is 2.28. The number of likely N-dealkylation sites (tertiary alicyclic amines) is 1. The first kappa shape index (κ1) is 14.3. The molecular formula is C11H19NO4S. The van der Waals surface area contributed by atoms with E-state index in [9.17, 15) is 9.59 Å². The van der Waals surface area contributed by atoms with Crippen LogP contribution in [0.5, 0.6) is 0 Å². The van der Waals surface area contributed by atoms with Gasteiger partial charge in [-0.1, -0.05) is 0 Å². The summed E-state index contributed by atoms with van der Waals surface area (Å²) in [5.74, 6) is -0.685. The summed E-state index contributed by atoms with van der Waals surface area (Å²) in [7, 11) is 1.66. The molecule has 0 aromatic rings. The summed E-state index contributed by atoms with van der Waals surface area (Å²) in [6.07, 6.45) is 1.88. The molecule has 0 aliphatic carbocycles. The molecule has 5 nitrogen and oxygen atoms in total. The minimum atomic E-state index is -0.886. The smallest absolute Gasteiger partial charge is 0.313 e. The summed E-state index contributed by atoms with van der Waals surface area (Å²) in [5.41, 5.74) is -0.259. The van der Waals surface area contributed by atoms with Crippen LogP contribution in [0.2, 0.25) is 0 Å². The Labute approximate surface area is 105 Å². The predicted molar refractivity (Wildman–Crippen MR) is 66.2 cm³/mol. The van der Waals surface area contributed by atoms with Crippen molar-refractivity contribution in [3.8, 4) is 0 Å². The van der Waals surface area contributed by atoms with Crippen LogP contribution in [0.3, 0.4) is 0 Å². The topological polar surface area (TPSA) is 66.8 Å². The first-order valence-electron chi connectivity index (χ1n) is 5.59. The van der Waals surface area contributed by atoms with Crippen LogP contribution < -0.4 is 0 Å². The lowest BCUT2D eigenvalue weighted by Crippen LogP contribution is -2.50. The van der Waals surface area contributed by atoms with Crippen molar-refractivity contribution in [3.63, 3.8) is 0 Å². The molecule has 1 heterocycles. The molecular weight excluding hydrogens is 242 g/mol. The molecule has 0 radical (unpaired) electrons. The Kier molecular flexibility index (Phi) is 5.27. The van der Waals surface area contributed by atoms with Crippen LogP contribution >= 0.6 is 11.8 Å². The fraction of sp³-hybridized carbons (Fsp3) is 0.818. The number of thioether (sulfide) groups is 1. The molecule has 6 heteroatoms. The van der Waals surface area contributed by atoms with E-state index in [1.54, 1.807) is 12.0 Å². The van der Waals surface area contributed by atoms with Gasteiger partial charge in [0, 0.05) is 20.2 Å². The Morgan fingerprint density at radius 3 is 2.76 bits per heavy atom. The number of carboxylic acid groups (broad SMARTS) is 1. The summed E-state index contributed by atoms with van der Waals surface area (Å²) in [6, 6.07) is 0. The normalized spacial score (nSPS) is 24.7. The van der Waals surface area contributed by atoms with E-state index in [4.69, 9.17) is 9.84 Å². The minimum Gasteiger partial charge on any atom is -0.481 e. The van der Waals surface area contributed by atoms with Crippen molar-refractivity contribution >= 4 is 23.6 Å². The molecule has 1 aliphatic rings. The molecule has 0 bridgehead atoms. The number of rotatable bonds is 5. The molecule has 17 heavy (non-hydrogen) atoms. The zero-order chi connectivity index (χ0) is 12.9. The summed E-state index contributed by atoms with van der Waals surface area (Å²) in [6.45, 7) is 3.33. The molecule has 0 spiro atoms. The van der Waals surface area contributed by atoms with Crippen molar-refractivity contribution < 1.29 is 19.4 Å². The number of carboxylic acids is 1. The second-order valence-corrected chi connectivity index (χ2v) is 5.45. The third kappa shape index (κ3) is 4.55. The number of hydrogen-bond donors (Lipinski definition) is 1. The predicted octanol–water partition coefficient (Wildman–Crippen LogP) is 0.832. The SMILES string of the molecule is COC1(C)CCCN(C(=O)CSCC(=O)O)C1. The third-order valence-corrected chi connectivity index (χ3v) is 3.86. The number of piperidine rings is 1. The molecule has 0 aromatic carbocycles. The molecule has 1 atom stereocenters. The van der Waals surface area contributed by atoms with Crippen molar-refractivity contribution in [2.45, 2.75) is 25.4 Å². The zero-order valence-electron chi connectivity index (χ0n) is 10.3. The highest BCUT2D eigenvalue weighted by Gasteiger charge is 2.32. The van der Waals surface area contributed by atoms with E-state index in [0.717, 1.165) is 31.1 Å².